The molecule has 2 aliphatic heterocycles. The molecule has 3 rings (SSSR count). The number of aromatic nitrogens is 2. The summed E-state index contributed by atoms with van der Waals surface area (Å²) in [6.07, 6.45) is 1.44. The number of hydrogen-bond acceptors (Lipinski definition) is 7. The van der Waals surface area contributed by atoms with Crippen molar-refractivity contribution < 1.29 is 22.5 Å². The molecule has 0 bridgehead atoms. The van der Waals surface area contributed by atoms with E-state index in [1.54, 1.807) is 11.9 Å². The lowest BCUT2D eigenvalue weighted by Gasteiger charge is -2.30. The lowest BCUT2D eigenvalue weighted by atomic mass is 9.79. The number of sulfonamides is 1. The summed E-state index contributed by atoms with van der Waals surface area (Å²) in [7, 11) is -1.68. The second-order valence-corrected chi connectivity index (χ2v) is 10.3. The Balaban J connectivity index is 1.73. The van der Waals surface area contributed by atoms with E-state index in [9.17, 15) is 13.2 Å². The van der Waals surface area contributed by atoms with Crippen molar-refractivity contribution in [1.29, 1.82) is 0 Å². The van der Waals surface area contributed by atoms with Crippen LogP contribution < -0.4 is 0 Å². The summed E-state index contributed by atoms with van der Waals surface area (Å²) in [5.74, 6) is 0.973. The van der Waals surface area contributed by atoms with Crippen LogP contribution in [0.5, 0.6) is 0 Å². The first-order valence-electron chi connectivity index (χ1n) is 9.83. The van der Waals surface area contributed by atoms with E-state index in [0.717, 1.165) is 6.42 Å². The van der Waals surface area contributed by atoms with Gasteiger partial charge in [-0.15, -0.1) is 0 Å². The Labute approximate surface area is 166 Å². The van der Waals surface area contributed by atoms with Crippen molar-refractivity contribution in [2.24, 2.45) is 11.3 Å². The van der Waals surface area contributed by atoms with Gasteiger partial charge in [0.25, 0.3) is 0 Å². The summed E-state index contributed by atoms with van der Waals surface area (Å²) in [4.78, 5) is 19.2. The van der Waals surface area contributed by atoms with Crippen LogP contribution in [0.3, 0.4) is 0 Å². The third kappa shape index (κ3) is 3.95. The predicted octanol–water partition coefficient (Wildman–Crippen LogP) is 1.23. The third-order valence-electron chi connectivity index (χ3n) is 5.64. The molecule has 10 heteroatoms. The summed E-state index contributed by atoms with van der Waals surface area (Å²) in [6, 6.07) is 0. The van der Waals surface area contributed by atoms with Gasteiger partial charge in [0.2, 0.25) is 21.8 Å². The van der Waals surface area contributed by atoms with E-state index in [2.05, 4.69) is 10.1 Å². The number of amides is 1. The SMILES string of the molecule is CCCCS(=O)(=O)N1C[C@@H]2COC[C@]2(C(=O)N(C)Cc2nc(C(C)C)no2)C1. The van der Waals surface area contributed by atoms with Crippen molar-refractivity contribution >= 4 is 15.9 Å². The summed E-state index contributed by atoms with van der Waals surface area (Å²) >= 11 is 0. The summed E-state index contributed by atoms with van der Waals surface area (Å²) in [5, 5.41) is 3.93. The lowest BCUT2D eigenvalue weighted by Crippen LogP contribution is -2.47. The van der Waals surface area contributed by atoms with Crippen molar-refractivity contribution in [3.8, 4) is 0 Å². The van der Waals surface area contributed by atoms with Gasteiger partial charge in [0, 0.05) is 32.0 Å². The second kappa shape index (κ2) is 8.08. The number of unbranched alkanes of at least 4 members (excludes halogenated alkanes) is 1. The van der Waals surface area contributed by atoms with Crippen LogP contribution in [0, 0.1) is 11.3 Å². The molecule has 0 aromatic carbocycles. The fraction of sp³-hybridized carbons (Fsp3) is 0.833. The molecular formula is C18H30N4O5S. The van der Waals surface area contributed by atoms with E-state index in [-0.39, 0.29) is 43.2 Å². The molecular weight excluding hydrogens is 384 g/mol. The minimum atomic E-state index is -3.36. The highest BCUT2D eigenvalue weighted by Gasteiger charge is 2.58. The van der Waals surface area contributed by atoms with Gasteiger partial charge in [0.1, 0.15) is 0 Å². The number of carbonyl (C=O) groups is 1. The zero-order chi connectivity index (χ0) is 20.5. The fourth-order valence-electron chi connectivity index (χ4n) is 3.88. The number of ether oxygens (including phenoxy) is 1. The number of hydrogen-bond donors (Lipinski definition) is 0. The quantitative estimate of drug-likeness (QED) is 0.630. The minimum absolute atomic E-state index is 0.122. The number of nitrogens with zero attached hydrogens (tertiary/aromatic N) is 4. The summed E-state index contributed by atoms with van der Waals surface area (Å²) in [6.45, 7) is 7.24. The molecule has 0 N–H and O–H groups in total. The standard InChI is InChI=1S/C18H30N4O5S/c1-5-6-7-28(24,25)22-8-14-10-26-12-18(14,11-22)17(23)21(4)9-15-19-16(13(2)3)20-27-15/h13-14H,5-12H2,1-4H3/t14-,18-/m1/s1. The first kappa shape index (κ1) is 21.2. The van der Waals surface area contributed by atoms with Crippen LogP contribution in [0.2, 0.25) is 0 Å². The minimum Gasteiger partial charge on any atom is -0.380 e. The fourth-order valence-corrected chi connectivity index (χ4v) is 5.63. The highest BCUT2D eigenvalue weighted by molar-refractivity contribution is 7.89. The Bertz CT molecular complexity index is 809. The highest BCUT2D eigenvalue weighted by atomic mass is 32.2. The van der Waals surface area contributed by atoms with Gasteiger partial charge < -0.3 is 14.2 Å². The zero-order valence-corrected chi connectivity index (χ0v) is 17.9. The van der Waals surface area contributed by atoms with Crippen LogP contribution in [0.25, 0.3) is 0 Å². The average Bonchev–Trinajstić information content (AvgIpc) is 3.33. The molecule has 0 saturated carbocycles. The van der Waals surface area contributed by atoms with Crippen molar-refractivity contribution in [3.63, 3.8) is 0 Å². The molecule has 9 nitrogen and oxygen atoms in total. The Morgan fingerprint density at radius 2 is 2.18 bits per heavy atom. The van der Waals surface area contributed by atoms with Crippen molar-refractivity contribution in [1.82, 2.24) is 19.3 Å². The maximum Gasteiger partial charge on any atom is 0.246 e. The van der Waals surface area contributed by atoms with E-state index in [4.69, 9.17) is 9.26 Å². The zero-order valence-electron chi connectivity index (χ0n) is 17.0. The molecule has 0 unspecified atom stereocenters. The molecule has 1 aromatic heterocycles. The van der Waals surface area contributed by atoms with E-state index >= 15 is 0 Å². The topological polar surface area (TPSA) is 106 Å². The number of rotatable bonds is 8. The van der Waals surface area contributed by atoms with Crippen molar-refractivity contribution in [2.45, 2.75) is 46.1 Å². The summed E-state index contributed by atoms with van der Waals surface area (Å²) in [5.41, 5.74) is -0.838. The van der Waals surface area contributed by atoms with Gasteiger partial charge in [-0.3, -0.25) is 4.79 Å². The predicted molar refractivity (Wildman–Crippen MR) is 102 cm³/mol. The number of carbonyl (C=O) groups excluding carboxylic acids is 1. The molecule has 0 radical (unpaired) electrons. The van der Waals surface area contributed by atoms with Crippen molar-refractivity contribution in [3.05, 3.63) is 11.7 Å². The molecule has 0 spiro atoms. The van der Waals surface area contributed by atoms with Crippen LogP contribution in [0.15, 0.2) is 4.52 Å². The molecule has 158 valence electrons. The van der Waals surface area contributed by atoms with E-state index in [1.165, 1.54) is 4.31 Å². The van der Waals surface area contributed by atoms with Crippen molar-refractivity contribution in [2.75, 3.05) is 39.1 Å². The van der Waals surface area contributed by atoms with E-state index < -0.39 is 15.4 Å². The van der Waals surface area contributed by atoms with Gasteiger partial charge in [0.05, 0.1) is 30.9 Å². The molecule has 2 aliphatic rings. The molecule has 1 aromatic rings. The maximum absolute atomic E-state index is 13.3. The Kier molecular flexibility index (Phi) is 6.11. The maximum atomic E-state index is 13.3. The normalized spacial score (nSPS) is 25.4. The molecule has 2 fully saturated rings. The Morgan fingerprint density at radius 1 is 1.43 bits per heavy atom. The smallest absolute Gasteiger partial charge is 0.246 e. The van der Waals surface area contributed by atoms with Gasteiger partial charge in [-0.25, -0.2) is 12.7 Å². The highest BCUT2D eigenvalue weighted by Crippen LogP contribution is 2.43. The van der Waals surface area contributed by atoms with Gasteiger partial charge in [-0.1, -0.05) is 32.3 Å². The molecule has 3 heterocycles. The van der Waals surface area contributed by atoms with E-state index in [0.29, 0.717) is 31.3 Å². The molecule has 28 heavy (non-hydrogen) atoms. The largest absolute Gasteiger partial charge is 0.380 e. The second-order valence-electron chi connectivity index (χ2n) is 8.19. The van der Waals surface area contributed by atoms with Gasteiger partial charge >= 0.3 is 0 Å². The lowest BCUT2D eigenvalue weighted by molar-refractivity contribution is -0.142. The van der Waals surface area contributed by atoms with Crippen LogP contribution in [0.4, 0.5) is 0 Å². The molecule has 2 atom stereocenters. The molecule has 2 saturated heterocycles. The summed E-state index contributed by atoms with van der Waals surface area (Å²) < 4.78 is 37.6. The third-order valence-corrected chi connectivity index (χ3v) is 7.51. The van der Waals surface area contributed by atoms with E-state index in [1.807, 2.05) is 20.8 Å². The number of fused-ring (bicyclic) bond motifs is 1. The van der Waals surface area contributed by atoms with Crippen LogP contribution >= 0.6 is 0 Å². The Morgan fingerprint density at radius 3 is 2.82 bits per heavy atom. The molecule has 1 amide bonds. The van der Waals surface area contributed by atoms with Gasteiger partial charge in [0.15, 0.2) is 5.82 Å². The Hall–Kier alpha value is -1.52. The van der Waals surface area contributed by atoms with Gasteiger partial charge in [-0.2, -0.15) is 4.98 Å². The van der Waals surface area contributed by atoms with Crippen LogP contribution in [-0.4, -0.2) is 72.8 Å². The monoisotopic (exact) mass is 414 g/mol. The average molecular weight is 415 g/mol. The van der Waals surface area contributed by atoms with Crippen LogP contribution in [0.1, 0.15) is 51.2 Å². The van der Waals surface area contributed by atoms with Crippen LogP contribution in [-0.2, 0) is 26.1 Å². The first-order chi connectivity index (χ1) is 13.2. The first-order valence-corrected chi connectivity index (χ1v) is 11.4. The molecule has 0 aliphatic carbocycles. The van der Waals surface area contributed by atoms with Gasteiger partial charge in [-0.05, 0) is 6.42 Å².